The lowest BCUT2D eigenvalue weighted by molar-refractivity contribution is -0.356. The van der Waals surface area contributed by atoms with E-state index >= 15 is 0 Å². The zero-order valence-corrected chi connectivity index (χ0v) is 12.9. The smallest absolute Gasteiger partial charge is 0.171 e. The molecule has 0 aromatic carbocycles. The number of hydrogen-bond donors (Lipinski definition) is 0. The van der Waals surface area contributed by atoms with E-state index in [2.05, 4.69) is 0 Å². The van der Waals surface area contributed by atoms with E-state index in [1.54, 1.807) is 0 Å². The molecule has 0 N–H and O–H groups in total. The highest BCUT2D eigenvalue weighted by Crippen LogP contribution is 2.60. The van der Waals surface area contributed by atoms with Crippen molar-refractivity contribution < 1.29 is 39.5 Å². The zero-order valence-electron chi connectivity index (χ0n) is 12.9. The van der Waals surface area contributed by atoms with Crippen LogP contribution in [-0.2, 0) is 0 Å². The number of rotatable bonds is 2. The SMILES string of the molecule is CC(C)(C1CCCC(C(C)(C(F)(F)F)C(F)(F)F)C1)C(F)(F)F. The molecule has 0 aromatic heterocycles. The van der Waals surface area contributed by atoms with Gasteiger partial charge < -0.3 is 0 Å². The number of halogens is 9. The van der Waals surface area contributed by atoms with Crippen molar-refractivity contribution in [2.24, 2.45) is 22.7 Å². The van der Waals surface area contributed by atoms with Gasteiger partial charge in [0.1, 0.15) is 0 Å². The van der Waals surface area contributed by atoms with Crippen LogP contribution in [-0.4, -0.2) is 18.5 Å². The highest BCUT2D eigenvalue weighted by Gasteiger charge is 2.71. The Morgan fingerprint density at radius 1 is 0.609 bits per heavy atom. The Kier molecular flexibility index (Phi) is 5.08. The molecule has 0 aliphatic heterocycles. The van der Waals surface area contributed by atoms with Gasteiger partial charge in [0.2, 0.25) is 0 Å². The van der Waals surface area contributed by atoms with E-state index in [4.69, 9.17) is 0 Å². The Bertz CT molecular complexity index is 399. The zero-order chi connectivity index (χ0) is 18.5. The minimum Gasteiger partial charge on any atom is -0.171 e. The molecule has 0 spiro atoms. The van der Waals surface area contributed by atoms with Gasteiger partial charge in [-0.25, -0.2) is 0 Å². The summed E-state index contributed by atoms with van der Waals surface area (Å²) in [4.78, 5) is 0. The summed E-state index contributed by atoms with van der Waals surface area (Å²) in [5.41, 5.74) is -6.33. The first-order valence-corrected chi connectivity index (χ1v) is 7.16. The molecule has 1 fully saturated rings. The summed E-state index contributed by atoms with van der Waals surface area (Å²) in [7, 11) is 0. The maximum absolute atomic E-state index is 13.1. The lowest BCUT2D eigenvalue weighted by atomic mass is 9.61. The molecule has 1 rings (SSSR count). The summed E-state index contributed by atoms with van der Waals surface area (Å²) in [6.45, 7) is 1.72. The van der Waals surface area contributed by atoms with E-state index in [0.29, 0.717) is 0 Å². The molecule has 1 saturated carbocycles. The minimum atomic E-state index is -5.57. The van der Waals surface area contributed by atoms with Gasteiger partial charge in [-0.1, -0.05) is 20.3 Å². The molecular weight excluding hydrogens is 339 g/mol. The van der Waals surface area contributed by atoms with Crippen molar-refractivity contribution in [1.82, 2.24) is 0 Å². The average molecular weight is 358 g/mol. The fourth-order valence-corrected chi connectivity index (χ4v) is 3.22. The first-order valence-electron chi connectivity index (χ1n) is 7.16. The van der Waals surface area contributed by atoms with Gasteiger partial charge in [0.05, 0.1) is 5.41 Å². The molecule has 0 heterocycles. The van der Waals surface area contributed by atoms with Crippen molar-refractivity contribution in [3.8, 4) is 0 Å². The van der Waals surface area contributed by atoms with Gasteiger partial charge in [0.25, 0.3) is 0 Å². The molecule has 23 heavy (non-hydrogen) atoms. The molecule has 9 heteroatoms. The molecular formula is C14H19F9. The van der Waals surface area contributed by atoms with Gasteiger partial charge in [-0.15, -0.1) is 0 Å². The Balaban J connectivity index is 3.19. The maximum atomic E-state index is 13.1. The Labute approximate surface area is 128 Å². The molecule has 1 aliphatic rings. The molecule has 0 saturated heterocycles. The van der Waals surface area contributed by atoms with Crippen molar-refractivity contribution in [2.45, 2.75) is 65.0 Å². The highest BCUT2D eigenvalue weighted by atomic mass is 19.4. The van der Waals surface area contributed by atoms with E-state index < -0.39 is 47.6 Å². The van der Waals surface area contributed by atoms with Crippen LogP contribution in [0.5, 0.6) is 0 Å². The van der Waals surface area contributed by atoms with Crippen LogP contribution in [0, 0.1) is 22.7 Å². The van der Waals surface area contributed by atoms with E-state index in [0.717, 1.165) is 13.8 Å². The first-order chi connectivity index (χ1) is 9.96. The first kappa shape index (κ1) is 20.4. The predicted octanol–water partition coefficient (Wildman–Crippen LogP) is 6.51. The van der Waals surface area contributed by atoms with Crippen LogP contribution in [0.3, 0.4) is 0 Å². The highest BCUT2D eigenvalue weighted by molar-refractivity contribution is 4.99. The second-order valence-corrected chi connectivity index (χ2v) is 6.98. The van der Waals surface area contributed by atoms with Crippen LogP contribution in [0.2, 0.25) is 0 Å². The monoisotopic (exact) mass is 358 g/mol. The second-order valence-electron chi connectivity index (χ2n) is 6.98. The van der Waals surface area contributed by atoms with Crippen molar-refractivity contribution >= 4 is 0 Å². The van der Waals surface area contributed by atoms with E-state index in [1.165, 1.54) is 0 Å². The molecule has 1 aliphatic carbocycles. The van der Waals surface area contributed by atoms with Crippen LogP contribution in [0.15, 0.2) is 0 Å². The van der Waals surface area contributed by atoms with Gasteiger partial charge in [0.15, 0.2) is 5.41 Å². The van der Waals surface area contributed by atoms with E-state index in [1.807, 2.05) is 0 Å². The number of hydrogen-bond acceptors (Lipinski definition) is 0. The van der Waals surface area contributed by atoms with Crippen LogP contribution < -0.4 is 0 Å². The second kappa shape index (κ2) is 5.72. The molecule has 0 nitrogen and oxygen atoms in total. The van der Waals surface area contributed by atoms with E-state index in [-0.39, 0.29) is 26.2 Å². The minimum absolute atomic E-state index is 0.0329. The molecule has 2 atom stereocenters. The molecule has 0 bridgehead atoms. The molecule has 0 radical (unpaired) electrons. The topological polar surface area (TPSA) is 0 Å². The summed E-state index contributed by atoms with van der Waals surface area (Å²) in [5.74, 6) is -3.19. The third-order valence-corrected chi connectivity index (χ3v) is 5.42. The summed E-state index contributed by atoms with van der Waals surface area (Å²) in [5, 5.41) is 0. The van der Waals surface area contributed by atoms with Crippen LogP contribution in [0.1, 0.15) is 46.5 Å². The van der Waals surface area contributed by atoms with Gasteiger partial charge >= 0.3 is 18.5 Å². The Morgan fingerprint density at radius 3 is 1.35 bits per heavy atom. The fourth-order valence-electron chi connectivity index (χ4n) is 3.22. The van der Waals surface area contributed by atoms with E-state index in [9.17, 15) is 39.5 Å². The molecule has 2 unspecified atom stereocenters. The van der Waals surface area contributed by atoms with Crippen LogP contribution in [0.25, 0.3) is 0 Å². The Hall–Kier alpha value is -0.630. The normalized spacial score (nSPS) is 25.6. The van der Waals surface area contributed by atoms with Crippen LogP contribution in [0.4, 0.5) is 39.5 Å². The average Bonchev–Trinajstić information content (AvgIpc) is 2.33. The maximum Gasteiger partial charge on any atom is 0.403 e. The van der Waals surface area contributed by atoms with Gasteiger partial charge in [0, 0.05) is 0 Å². The molecule has 138 valence electrons. The fraction of sp³-hybridized carbons (Fsp3) is 1.00. The standard InChI is InChI=1S/C14H19F9/c1-10(2,12(15,16)17)8-5-4-6-9(7-8)11(3,13(18,19)20)14(21,22)23/h8-9H,4-7H2,1-3H3. The van der Waals surface area contributed by atoms with Crippen molar-refractivity contribution in [3.05, 3.63) is 0 Å². The number of alkyl halides is 9. The van der Waals surface area contributed by atoms with Gasteiger partial charge in [-0.3, -0.25) is 0 Å². The lowest BCUT2D eigenvalue weighted by Gasteiger charge is -2.47. The third-order valence-electron chi connectivity index (χ3n) is 5.42. The third kappa shape index (κ3) is 3.43. The largest absolute Gasteiger partial charge is 0.403 e. The van der Waals surface area contributed by atoms with Crippen molar-refractivity contribution in [2.75, 3.05) is 0 Å². The predicted molar refractivity (Wildman–Crippen MR) is 65.5 cm³/mol. The van der Waals surface area contributed by atoms with Crippen molar-refractivity contribution in [1.29, 1.82) is 0 Å². The lowest BCUT2D eigenvalue weighted by Crippen LogP contribution is -2.55. The molecule has 0 amide bonds. The Morgan fingerprint density at radius 2 is 1.00 bits per heavy atom. The summed E-state index contributed by atoms with van der Waals surface area (Å²) >= 11 is 0. The quantitative estimate of drug-likeness (QED) is 0.494. The van der Waals surface area contributed by atoms with Gasteiger partial charge in [-0.05, 0) is 38.0 Å². The van der Waals surface area contributed by atoms with Crippen molar-refractivity contribution in [3.63, 3.8) is 0 Å². The summed E-state index contributed by atoms with van der Waals surface area (Å²) in [6.07, 6.45) is -17.1. The molecule has 0 aromatic rings. The summed E-state index contributed by atoms with van der Waals surface area (Å²) < 4.78 is 118. The summed E-state index contributed by atoms with van der Waals surface area (Å²) in [6, 6.07) is 0. The van der Waals surface area contributed by atoms with Crippen LogP contribution >= 0.6 is 0 Å². The van der Waals surface area contributed by atoms with Gasteiger partial charge in [-0.2, -0.15) is 39.5 Å².